The van der Waals surface area contributed by atoms with E-state index in [0.717, 1.165) is 19.3 Å². The molecule has 2 fully saturated rings. The van der Waals surface area contributed by atoms with Gasteiger partial charge in [0, 0.05) is 19.2 Å². The average molecular weight is 256 g/mol. The van der Waals surface area contributed by atoms with Crippen molar-refractivity contribution in [2.75, 3.05) is 13.2 Å². The van der Waals surface area contributed by atoms with Gasteiger partial charge in [-0.1, -0.05) is 0 Å². The molecule has 6 nitrogen and oxygen atoms in total. The van der Waals surface area contributed by atoms with Crippen LogP contribution in [-0.2, 0) is 9.53 Å². The molecule has 0 radical (unpaired) electrons. The summed E-state index contributed by atoms with van der Waals surface area (Å²) in [6.07, 6.45) is 2.54. The van der Waals surface area contributed by atoms with Crippen molar-refractivity contribution in [2.45, 2.75) is 50.8 Å². The fraction of sp³-hybridized carbons (Fsp3) is 0.833. The molecule has 0 bridgehead atoms. The minimum Gasteiger partial charge on any atom is -0.481 e. The third-order valence-corrected chi connectivity index (χ3v) is 3.73. The van der Waals surface area contributed by atoms with Crippen molar-refractivity contribution in [3.63, 3.8) is 0 Å². The molecule has 0 spiro atoms. The monoisotopic (exact) mass is 256 g/mol. The molecule has 3 atom stereocenters. The van der Waals surface area contributed by atoms with E-state index in [2.05, 4.69) is 5.32 Å². The zero-order valence-electron chi connectivity index (χ0n) is 10.6. The molecule has 2 aliphatic heterocycles. The SMILES string of the molecule is CC1OCCC1NC(=O)N1CCCC1CC(=O)O. The largest absolute Gasteiger partial charge is 0.481 e. The second-order valence-electron chi connectivity index (χ2n) is 5.01. The first-order chi connectivity index (χ1) is 8.58. The van der Waals surface area contributed by atoms with Crippen LogP contribution in [0.15, 0.2) is 0 Å². The Morgan fingerprint density at radius 1 is 1.44 bits per heavy atom. The molecular weight excluding hydrogens is 236 g/mol. The zero-order chi connectivity index (χ0) is 13.1. The number of amides is 2. The van der Waals surface area contributed by atoms with Gasteiger partial charge < -0.3 is 20.1 Å². The lowest BCUT2D eigenvalue weighted by atomic mass is 10.1. The molecule has 0 aromatic carbocycles. The van der Waals surface area contributed by atoms with Crippen LogP contribution >= 0.6 is 0 Å². The van der Waals surface area contributed by atoms with Crippen molar-refractivity contribution in [1.82, 2.24) is 10.2 Å². The van der Waals surface area contributed by atoms with E-state index >= 15 is 0 Å². The Balaban J connectivity index is 1.89. The number of aliphatic carboxylic acids is 1. The molecule has 18 heavy (non-hydrogen) atoms. The highest BCUT2D eigenvalue weighted by Crippen LogP contribution is 2.21. The fourth-order valence-corrected chi connectivity index (χ4v) is 2.68. The molecular formula is C12H20N2O4. The first-order valence-electron chi connectivity index (χ1n) is 6.48. The Morgan fingerprint density at radius 3 is 2.83 bits per heavy atom. The normalized spacial score (nSPS) is 31.6. The first kappa shape index (κ1) is 13.1. The second-order valence-corrected chi connectivity index (χ2v) is 5.01. The Bertz CT molecular complexity index is 334. The van der Waals surface area contributed by atoms with Gasteiger partial charge in [0.1, 0.15) is 0 Å². The number of nitrogens with zero attached hydrogens (tertiary/aromatic N) is 1. The average Bonchev–Trinajstić information content (AvgIpc) is 2.88. The van der Waals surface area contributed by atoms with E-state index in [0.29, 0.717) is 13.2 Å². The summed E-state index contributed by atoms with van der Waals surface area (Å²) in [7, 11) is 0. The summed E-state index contributed by atoms with van der Waals surface area (Å²) in [5, 5.41) is 11.8. The molecule has 2 heterocycles. The van der Waals surface area contributed by atoms with Crippen molar-refractivity contribution in [3.8, 4) is 0 Å². The fourth-order valence-electron chi connectivity index (χ4n) is 2.68. The van der Waals surface area contributed by atoms with E-state index in [1.165, 1.54) is 0 Å². The number of hydrogen-bond acceptors (Lipinski definition) is 3. The van der Waals surface area contributed by atoms with Crippen molar-refractivity contribution in [2.24, 2.45) is 0 Å². The third-order valence-electron chi connectivity index (χ3n) is 3.73. The summed E-state index contributed by atoms with van der Waals surface area (Å²) in [6, 6.07) is -0.273. The highest BCUT2D eigenvalue weighted by atomic mass is 16.5. The number of hydrogen-bond donors (Lipinski definition) is 2. The van der Waals surface area contributed by atoms with Gasteiger partial charge in [0.2, 0.25) is 0 Å². The molecule has 3 unspecified atom stereocenters. The van der Waals surface area contributed by atoms with Crippen molar-refractivity contribution in [1.29, 1.82) is 0 Å². The van der Waals surface area contributed by atoms with E-state index in [9.17, 15) is 9.59 Å². The molecule has 0 aromatic rings. The van der Waals surface area contributed by atoms with E-state index in [1.807, 2.05) is 6.92 Å². The summed E-state index contributed by atoms with van der Waals surface area (Å²) in [5.41, 5.74) is 0. The lowest BCUT2D eigenvalue weighted by molar-refractivity contribution is -0.137. The number of urea groups is 1. The van der Waals surface area contributed by atoms with Crippen LogP contribution in [-0.4, -0.2) is 53.3 Å². The van der Waals surface area contributed by atoms with Crippen molar-refractivity contribution in [3.05, 3.63) is 0 Å². The number of carboxylic acid groups (broad SMARTS) is 1. The van der Waals surface area contributed by atoms with Gasteiger partial charge in [-0.15, -0.1) is 0 Å². The summed E-state index contributed by atoms with van der Waals surface area (Å²) in [5.74, 6) is -0.850. The Morgan fingerprint density at radius 2 is 2.22 bits per heavy atom. The molecule has 2 N–H and O–H groups in total. The predicted molar refractivity (Wildman–Crippen MR) is 64.3 cm³/mol. The zero-order valence-corrected chi connectivity index (χ0v) is 10.6. The van der Waals surface area contributed by atoms with Crippen LogP contribution < -0.4 is 5.32 Å². The topological polar surface area (TPSA) is 78.9 Å². The molecule has 2 saturated heterocycles. The van der Waals surface area contributed by atoms with E-state index < -0.39 is 5.97 Å². The standard InChI is InChI=1S/C12H20N2O4/c1-8-10(4-6-18-8)13-12(17)14-5-2-3-9(14)7-11(15)16/h8-10H,2-7H2,1H3,(H,13,17)(H,15,16). The van der Waals surface area contributed by atoms with Crippen molar-refractivity contribution < 1.29 is 19.4 Å². The lowest BCUT2D eigenvalue weighted by Gasteiger charge is -2.26. The maximum absolute atomic E-state index is 12.1. The van der Waals surface area contributed by atoms with Gasteiger partial charge in [0.05, 0.1) is 18.6 Å². The summed E-state index contributed by atoms with van der Waals surface area (Å²) < 4.78 is 5.39. The van der Waals surface area contributed by atoms with E-state index in [1.54, 1.807) is 4.90 Å². The summed E-state index contributed by atoms with van der Waals surface area (Å²) in [6.45, 7) is 3.26. The van der Waals surface area contributed by atoms with Crippen LogP contribution in [0, 0.1) is 0 Å². The van der Waals surface area contributed by atoms with Crippen LogP contribution in [0.1, 0.15) is 32.6 Å². The summed E-state index contributed by atoms with van der Waals surface area (Å²) >= 11 is 0. The van der Waals surface area contributed by atoms with E-state index in [4.69, 9.17) is 9.84 Å². The summed E-state index contributed by atoms with van der Waals surface area (Å²) in [4.78, 5) is 24.5. The number of rotatable bonds is 3. The molecule has 2 amide bonds. The molecule has 0 aromatic heterocycles. The molecule has 2 aliphatic rings. The van der Waals surface area contributed by atoms with Gasteiger partial charge in [-0.05, 0) is 26.2 Å². The smallest absolute Gasteiger partial charge is 0.317 e. The lowest BCUT2D eigenvalue weighted by Crippen LogP contribution is -2.49. The number of carbonyl (C=O) groups is 2. The Kier molecular flexibility index (Phi) is 4.06. The highest BCUT2D eigenvalue weighted by Gasteiger charge is 2.33. The van der Waals surface area contributed by atoms with Crippen LogP contribution in [0.5, 0.6) is 0 Å². The molecule has 0 saturated carbocycles. The van der Waals surface area contributed by atoms with Gasteiger partial charge in [0.25, 0.3) is 0 Å². The highest BCUT2D eigenvalue weighted by molar-refractivity contribution is 5.76. The third kappa shape index (κ3) is 2.93. The number of carboxylic acids is 1. The Labute approximate surface area is 106 Å². The van der Waals surface area contributed by atoms with Crippen LogP contribution in [0.2, 0.25) is 0 Å². The number of likely N-dealkylation sites (tertiary alicyclic amines) is 1. The van der Waals surface area contributed by atoms with Crippen LogP contribution in [0.3, 0.4) is 0 Å². The number of ether oxygens (including phenoxy) is 1. The van der Waals surface area contributed by atoms with Crippen molar-refractivity contribution >= 4 is 12.0 Å². The predicted octanol–water partition coefficient (Wildman–Crippen LogP) is 0.812. The first-order valence-corrected chi connectivity index (χ1v) is 6.48. The van der Waals surface area contributed by atoms with Crippen LogP contribution in [0.25, 0.3) is 0 Å². The van der Waals surface area contributed by atoms with Gasteiger partial charge in [-0.25, -0.2) is 4.79 Å². The second kappa shape index (κ2) is 5.56. The maximum atomic E-state index is 12.1. The number of carbonyl (C=O) groups excluding carboxylic acids is 1. The van der Waals surface area contributed by atoms with Gasteiger partial charge >= 0.3 is 12.0 Å². The van der Waals surface area contributed by atoms with Gasteiger partial charge in [-0.2, -0.15) is 0 Å². The quantitative estimate of drug-likeness (QED) is 0.783. The molecule has 0 aliphatic carbocycles. The van der Waals surface area contributed by atoms with Gasteiger partial charge in [-0.3, -0.25) is 4.79 Å². The molecule has 6 heteroatoms. The molecule has 2 rings (SSSR count). The van der Waals surface area contributed by atoms with Crippen LogP contribution in [0.4, 0.5) is 4.79 Å². The Hall–Kier alpha value is -1.30. The minimum absolute atomic E-state index is 0.0319. The van der Waals surface area contributed by atoms with E-state index in [-0.39, 0.29) is 30.6 Å². The maximum Gasteiger partial charge on any atom is 0.317 e. The molecule has 102 valence electrons. The minimum atomic E-state index is -0.850. The van der Waals surface area contributed by atoms with Gasteiger partial charge in [0.15, 0.2) is 0 Å². The number of nitrogens with one attached hydrogen (secondary N) is 1.